The summed E-state index contributed by atoms with van der Waals surface area (Å²) in [6.07, 6.45) is -0.572. The molecule has 0 saturated heterocycles. The normalized spacial score (nSPS) is 12.9. The monoisotopic (exact) mass is 264 g/mol. The van der Waals surface area contributed by atoms with Crippen molar-refractivity contribution in [3.05, 3.63) is 29.3 Å². The fourth-order valence-corrected chi connectivity index (χ4v) is 1.55. The van der Waals surface area contributed by atoms with Crippen molar-refractivity contribution in [2.24, 2.45) is 5.41 Å². The minimum absolute atomic E-state index is 0.236. The van der Waals surface area contributed by atoms with Gasteiger partial charge in [0.15, 0.2) is 0 Å². The van der Waals surface area contributed by atoms with Crippen LogP contribution in [0.5, 0.6) is 0 Å². The van der Waals surface area contributed by atoms with Gasteiger partial charge in [-0.05, 0) is 36.5 Å². The molecule has 0 heterocycles. The Bertz CT molecular complexity index is 450. The van der Waals surface area contributed by atoms with Gasteiger partial charge in [-0.15, -0.1) is 0 Å². The highest BCUT2D eigenvalue weighted by atomic mass is 16.3. The zero-order valence-electron chi connectivity index (χ0n) is 12.4. The van der Waals surface area contributed by atoms with Crippen LogP contribution in [0.25, 0.3) is 0 Å². The molecule has 0 aliphatic carbocycles. The molecular formula is C15H24N2O2. The number of nitrogens with one attached hydrogen (secondary N) is 2. The molecule has 1 aromatic carbocycles. The van der Waals surface area contributed by atoms with Gasteiger partial charge in [-0.2, -0.15) is 0 Å². The van der Waals surface area contributed by atoms with E-state index in [2.05, 4.69) is 10.6 Å². The SMILES string of the molecule is Cc1cccc(NC(=O)NCC(O)C(C)(C)C)c1C. The Morgan fingerprint density at radius 2 is 1.95 bits per heavy atom. The molecule has 0 spiro atoms. The van der Waals surface area contributed by atoms with Crippen molar-refractivity contribution in [2.75, 3.05) is 11.9 Å². The van der Waals surface area contributed by atoms with Crippen molar-refractivity contribution < 1.29 is 9.90 Å². The summed E-state index contributed by atoms with van der Waals surface area (Å²) in [5.74, 6) is 0. The summed E-state index contributed by atoms with van der Waals surface area (Å²) in [7, 11) is 0. The van der Waals surface area contributed by atoms with E-state index in [1.165, 1.54) is 0 Å². The fraction of sp³-hybridized carbons (Fsp3) is 0.533. The molecule has 4 heteroatoms. The highest BCUT2D eigenvalue weighted by Crippen LogP contribution is 2.19. The van der Waals surface area contributed by atoms with Crippen molar-refractivity contribution >= 4 is 11.7 Å². The average molecular weight is 264 g/mol. The topological polar surface area (TPSA) is 61.4 Å². The maximum atomic E-state index is 11.8. The molecule has 0 fully saturated rings. The van der Waals surface area contributed by atoms with E-state index in [1.807, 2.05) is 52.8 Å². The summed E-state index contributed by atoms with van der Waals surface area (Å²) in [5, 5.41) is 15.3. The minimum Gasteiger partial charge on any atom is -0.391 e. The molecule has 0 saturated carbocycles. The van der Waals surface area contributed by atoms with Crippen LogP contribution in [-0.4, -0.2) is 23.8 Å². The zero-order valence-corrected chi connectivity index (χ0v) is 12.4. The Morgan fingerprint density at radius 3 is 2.53 bits per heavy atom. The fourth-order valence-electron chi connectivity index (χ4n) is 1.55. The van der Waals surface area contributed by atoms with E-state index in [1.54, 1.807) is 0 Å². The number of benzene rings is 1. The molecule has 1 unspecified atom stereocenters. The van der Waals surface area contributed by atoms with Gasteiger partial charge in [0, 0.05) is 12.2 Å². The number of carbonyl (C=O) groups excluding carboxylic acids is 1. The van der Waals surface area contributed by atoms with Crippen molar-refractivity contribution in [3.63, 3.8) is 0 Å². The second kappa shape index (κ2) is 6.06. The number of anilines is 1. The molecule has 19 heavy (non-hydrogen) atoms. The summed E-state index contributed by atoms with van der Waals surface area (Å²) < 4.78 is 0. The van der Waals surface area contributed by atoms with Crippen LogP contribution in [0, 0.1) is 19.3 Å². The summed E-state index contributed by atoms with van der Waals surface area (Å²) in [5.41, 5.74) is 2.73. The third-order valence-electron chi connectivity index (χ3n) is 3.31. The van der Waals surface area contributed by atoms with Crippen molar-refractivity contribution in [1.29, 1.82) is 0 Å². The Kier molecular flexibility index (Phi) is 4.95. The van der Waals surface area contributed by atoms with Gasteiger partial charge in [-0.3, -0.25) is 0 Å². The number of aryl methyl sites for hydroxylation is 1. The van der Waals surface area contributed by atoms with Gasteiger partial charge in [-0.1, -0.05) is 32.9 Å². The number of aliphatic hydroxyl groups is 1. The number of hydrogen-bond donors (Lipinski definition) is 3. The molecule has 106 valence electrons. The summed E-state index contributed by atoms with van der Waals surface area (Å²) in [6.45, 7) is 10.0. The number of hydrogen-bond acceptors (Lipinski definition) is 2. The van der Waals surface area contributed by atoms with Gasteiger partial charge >= 0.3 is 6.03 Å². The Labute approximate surface area is 115 Å². The van der Waals surface area contributed by atoms with Crippen LogP contribution in [0.2, 0.25) is 0 Å². The number of urea groups is 1. The number of carbonyl (C=O) groups is 1. The molecule has 0 aliphatic heterocycles. The van der Waals surface area contributed by atoms with Crippen molar-refractivity contribution in [3.8, 4) is 0 Å². The molecule has 0 aromatic heterocycles. The van der Waals surface area contributed by atoms with E-state index < -0.39 is 6.10 Å². The molecule has 4 nitrogen and oxygen atoms in total. The Hall–Kier alpha value is -1.55. The Morgan fingerprint density at radius 1 is 1.32 bits per heavy atom. The van der Waals surface area contributed by atoms with Crippen LogP contribution in [-0.2, 0) is 0 Å². The van der Waals surface area contributed by atoms with Crippen LogP contribution in [0.15, 0.2) is 18.2 Å². The van der Waals surface area contributed by atoms with E-state index in [0.29, 0.717) is 0 Å². The first kappa shape index (κ1) is 15.5. The first-order valence-corrected chi connectivity index (χ1v) is 6.51. The van der Waals surface area contributed by atoms with Crippen LogP contribution >= 0.6 is 0 Å². The Balaban J connectivity index is 2.55. The molecule has 0 bridgehead atoms. The van der Waals surface area contributed by atoms with E-state index >= 15 is 0 Å². The standard InChI is InChI=1S/C15H24N2O2/c1-10-7-6-8-12(11(10)2)17-14(19)16-9-13(18)15(3,4)5/h6-8,13,18H,9H2,1-5H3,(H2,16,17,19). The summed E-state index contributed by atoms with van der Waals surface area (Å²) >= 11 is 0. The second-order valence-corrected chi connectivity index (χ2v) is 5.96. The van der Waals surface area contributed by atoms with E-state index in [-0.39, 0.29) is 18.0 Å². The first-order chi connectivity index (χ1) is 8.71. The van der Waals surface area contributed by atoms with Crippen LogP contribution in [0.1, 0.15) is 31.9 Å². The highest BCUT2D eigenvalue weighted by molar-refractivity contribution is 5.90. The van der Waals surface area contributed by atoms with Gasteiger partial charge in [0.25, 0.3) is 0 Å². The van der Waals surface area contributed by atoms with Crippen LogP contribution in [0.3, 0.4) is 0 Å². The lowest BCUT2D eigenvalue weighted by atomic mass is 9.89. The molecule has 3 N–H and O–H groups in total. The number of aliphatic hydroxyl groups excluding tert-OH is 1. The number of rotatable bonds is 3. The van der Waals surface area contributed by atoms with Gasteiger partial charge in [-0.25, -0.2) is 4.79 Å². The third kappa shape index (κ3) is 4.56. The van der Waals surface area contributed by atoms with Gasteiger partial charge in [0.2, 0.25) is 0 Å². The quantitative estimate of drug-likeness (QED) is 0.786. The minimum atomic E-state index is -0.572. The van der Waals surface area contributed by atoms with Gasteiger partial charge < -0.3 is 15.7 Å². The summed E-state index contributed by atoms with van der Waals surface area (Å²) in [4.78, 5) is 11.8. The second-order valence-electron chi connectivity index (χ2n) is 5.96. The van der Waals surface area contributed by atoms with Crippen molar-refractivity contribution in [1.82, 2.24) is 5.32 Å². The van der Waals surface area contributed by atoms with Gasteiger partial charge in [0.1, 0.15) is 0 Å². The molecule has 0 radical (unpaired) electrons. The maximum Gasteiger partial charge on any atom is 0.319 e. The van der Waals surface area contributed by atoms with Gasteiger partial charge in [0.05, 0.1) is 6.10 Å². The van der Waals surface area contributed by atoms with E-state index in [9.17, 15) is 9.90 Å². The maximum absolute atomic E-state index is 11.8. The summed E-state index contributed by atoms with van der Waals surface area (Å²) in [6, 6.07) is 5.48. The van der Waals surface area contributed by atoms with E-state index in [4.69, 9.17) is 0 Å². The van der Waals surface area contributed by atoms with E-state index in [0.717, 1.165) is 16.8 Å². The highest BCUT2D eigenvalue weighted by Gasteiger charge is 2.22. The molecule has 1 aromatic rings. The average Bonchev–Trinajstić information content (AvgIpc) is 2.30. The third-order valence-corrected chi connectivity index (χ3v) is 3.31. The lowest BCUT2D eigenvalue weighted by molar-refractivity contribution is 0.0654. The molecule has 0 aliphatic rings. The lowest BCUT2D eigenvalue weighted by Gasteiger charge is -2.26. The lowest BCUT2D eigenvalue weighted by Crippen LogP contribution is -2.41. The predicted molar refractivity (Wildman–Crippen MR) is 78.4 cm³/mol. The smallest absolute Gasteiger partial charge is 0.319 e. The molecular weight excluding hydrogens is 240 g/mol. The van der Waals surface area contributed by atoms with Crippen molar-refractivity contribution in [2.45, 2.75) is 40.7 Å². The number of amides is 2. The largest absolute Gasteiger partial charge is 0.391 e. The van der Waals surface area contributed by atoms with Crippen LogP contribution in [0.4, 0.5) is 10.5 Å². The zero-order chi connectivity index (χ0) is 14.6. The molecule has 1 atom stereocenters. The predicted octanol–water partition coefficient (Wildman–Crippen LogP) is 2.83. The molecule has 1 rings (SSSR count). The first-order valence-electron chi connectivity index (χ1n) is 6.51. The molecule has 2 amide bonds. The van der Waals surface area contributed by atoms with Crippen LogP contribution < -0.4 is 10.6 Å².